The maximum Gasteiger partial charge on any atom is 0.238 e. The van der Waals surface area contributed by atoms with Crippen molar-refractivity contribution in [2.24, 2.45) is 5.14 Å². The Bertz CT molecular complexity index is 557. The number of primary sulfonamides is 1. The molecular formula is C14H21NO3S. The number of hydrogen-bond donors (Lipinski definition) is 1. The van der Waals surface area contributed by atoms with Crippen LogP contribution in [0.2, 0.25) is 0 Å². The fraction of sp³-hybridized carbons (Fsp3) is 0.429. The lowest BCUT2D eigenvalue weighted by Crippen LogP contribution is -2.17. The largest absolute Gasteiger partial charge is 0.493 e. The van der Waals surface area contributed by atoms with Crippen molar-refractivity contribution in [2.45, 2.75) is 37.5 Å². The van der Waals surface area contributed by atoms with Gasteiger partial charge in [0.25, 0.3) is 0 Å². The minimum Gasteiger partial charge on any atom is -0.493 e. The van der Waals surface area contributed by atoms with Crippen LogP contribution in [-0.4, -0.2) is 15.0 Å². The maximum atomic E-state index is 11.4. The van der Waals surface area contributed by atoms with Crippen LogP contribution in [0.3, 0.4) is 0 Å². The molecule has 0 saturated carbocycles. The second-order valence-electron chi connectivity index (χ2n) is 5.38. The maximum absolute atomic E-state index is 11.4. The highest BCUT2D eigenvalue weighted by molar-refractivity contribution is 7.89. The Morgan fingerprint density at radius 3 is 2.47 bits per heavy atom. The monoisotopic (exact) mass is 283 g/mol. The molecule has 0 saturated heterocycles. The lowest BCUT2D eigenvalue weighted by atomic mass is 9.86. The molecule has 0 aliphatic heterocycles. The molecule has 5 heteroatoms. The molecule has 0 atom stereocenters. The lowest BCUT2D eigenvalue weighted by molar-refractivity contribution is 0.315. The van der Waals surface area contributed by atoms with Crippen LogP contribution in [0.25, 0.3) is 0 Å². The van der Waals surface area contributed by atoms with Gasteiger partial charge in [0.2, 0.25) is 10.0 Å². The Morgan fingerprint density at radius 1 is 1.37 bits per heavy atom. The summed E-state index contributed by atoms with van der Waals surface area (Å²) in [4.78, 5) is 0.105. The Balaban J connectivity index is 3.22. The van der Waals surface area contributed by atoms with E-state index < -0.39 is 10.0 Å². The molecule has 19 heavy (non-hydrogen) atoms. The molecule has 106 valence electrons. The summed E-state index contributed by atoms with van der Waals surface area (Å²) in [6, 6.07) is 4.70. The number of ether oxygens (including phenoxy) is 1. The first-order valence-electron chi connectivity index (χ1n) is 6.07. The number of sulfonamides is 1. The average molecular weight is 283 g/mol. The molecule has 4 nitrogen and oxygen atoms in total. The topological polar surface area (TPSA) is 69.4 Å². The number of nitrogens with two attached hydrogens (primary N) is 1. The van der Waals surface area contributed by atoms with Gasteiger partial charge in [-0.2, -0.15) is 0 Å². The SMILES string of the molecule is C=CCCOc1ccc(S(N)(=O)=O)cc1C(C)(C)C. The first-order chi connectivity index (χ1) is 8.66. The standard InChI is InChI=1S/C14H21NO3S/c1-5-6-9-18-13-8-7-11(19(15,16)17)10-12(13)14(2,3)4/h5,7-8,10H,1,6,9H2,2-4H3,(H2,15,16,17). The third-order valence-electron chi connectivity index (χ3n) is 2.67. The average Bonchev–Trinajstić information content (AvgIpc) is 2.27. The Labute approximate surface area is 115 Å². The van der Waals surface area contributed by atoms with Gasteiger partial charge in [0, 0.05) is 5.56 Å². The molecule has 0 spiro atoms. The van der Waals surface area contributed by atoms with E-state index in [0.29, 0.717) is 12.4 Å². The van der Waals surface area contributed by atoms with Gasteiger partial charge in [-0.15, -0.1) is 6.58 Å². The molecule has 0 heterocycles. The van der Waals surface area contributed by atoms with Gasteiger partial charge in [0.1, 0.15) is 5.75 Å². The molecule has 0 amide bonds. The summed E-state index contributed by atoms with van der Waals surface area (Å²) in [6.45, 7) is 10.1. The second-order valence-corrected chi connectivity index (χ2v) is 6.94. The zero-order chi connectivity index (χ0) is 14.7. The van der Waals surface area contributed by atoms with Gasteiger partial charge < -0.3 is 4.74 Å². The summed E-state index contributed by atoms with van der Waals surface area (Å²) in [5.74, 6) is 0.682. The first-order valence-corrected chi connectivity index (χ1v) is 7.62. The van der Waals surface area contributed by atoms with Gasteiger partial charge in [0.15, 0.2) is 0 Å². The Kier molecular flexibility index (Phi) is 4.76. The normalized spacial score (nSPS) is 12.2. The Morgan fingerprint density at radius 2 is 2.00 bits per heavy atom. The van der Waals surface area contributed by atoms with Gasteiger partial charge in [0.05, 0.1) is 11.5 Å². The zero-order valence-electron chi connectivity index (χ0n) is 11.6. The third kappa shape index (κ3) is 4.36. The van der Waals surface area contributed by atoms with Crippen LogP contribution in [0.1, 0.15) is 32.8 Å². The van der Waals surface area contributed by atoms with Crippen LogP contribution < -0.4 is 9.88 Å². The molecule has 0 aliphatic carbocycles. The number of hydrogen-bond acceptors (Lipinski definition) is 3. The smallest absolute Gasteiger partial charge is 0.238 e. The van der Waals surface area contributed by atoms with Crippen molar-refractivity contribution in [3.63, 3.8) is 0 Å². The molecule has 0 aromatic heterocycles. The third-order valence-corrected chi connectivity index (χ3v) is 3.58. The quantitative estimate of drug-likeness (QED) is 0.667. The van der Waals surface area contributed by atoms with Gasteiger partial charge in [-0.05, 0) is 30.0 Å². The fourth-order valence-electron chi connectivity index (χ4n) is 1.65. The molecule has 0 fully saturated rings. The van der Waals surface area contributed by atoms with Crippen LogP contribution in [0.4, 0.5) is 0 Å². The van der Waals surface area contributed by atoms with E-state index in [0.717, 1.165) is 12.0 Å². The molecule has 2 N–H and O–H groups in total. The molecule has 0 radical (unpaired) electrons. The predicted molar refractivity (Wildman–Crippen MR) is 76.8 cm³/mol. The summed E-state index contributed by atoms with van der Waals surface area (Å²) < 4.78 is 28.5. The lowest BCUT2D eigenvalue weighted by Gasteiger charge is -2.23. The van der Waals surface area contributed by atoms with E-state index in [2.05, 4.69) is 6.58 Å². The molecule has 1 aromatic rings. The van der Waals surface area contributed by atoms with Gasteiger partial charge >= 0.3 is 0 Å². The van der Waals surface area contributed by atoms with Crippen molar-refractivity contribution in [1.82, 2.24) is 0 Å². The van der Waals surface area contributed by atoms with Crippen LogP contribution in [0.15, 0.2) is 35.7 Å². The predicted octanol–water partition coefficient (Wildman–Crippen LogP) is 2.59. The highest BCUT2D eigenvalue weighted by Crippen LogP contribution is 2.33. The van der Waals surface area contributed by atoms with Crippen molar-refractivity contribution in [1.29, 1.82) is 0 Å². The second kappa shape index (κ2) is 5.75. The molecule has 0 aliphatic rings. The van der Waals surface area contributed by atoms with E-state index in [4.69, 9.17) is 9.88 Å². The first kappa shape index (κ1) is 15.7. The van der Waals surface area contributed by atoms with Gasteiger partial charge in [-0.1, -0.05) is 26.8 Å². The van der Waals surface area contributed by atoms with Crippen molar-refractivity contribution in [3.05, 3.63) is 36.4 Å². The number of rotatable bonds is 5. The molecular weight excluding hydrogens is 262 g/mol. The van der Waals surface area contributed by atoms with Crippen LogP contribution in [0, 0.1) is 0 Å². The summed E-state index contributed by atoms with van der Waals surface area (Å²) >= 11 is 0. The summed E-state index contributed by atoms with van der Waals surface area (Å²) in [6.07, 6.45) is 2.51. The molecule has 0 bridgehead atoms. The minimum absolute atomic E-state index is 0.105. The fourth-order valence-corrected chi connectivity index (χ4v) is 2.19. The van der Waals surface area contributed by atoms with E-state index in [9.17, 15) is 8.42 Å². The molecule has 1 aromatic carbocycles. The zero-order valence-corrected chi connectivity index (χ0v) is 12.5. The summed E-state index contributed by atoms with van der Waals surface area (Å²) in [5.41, 5.74) is 0.590. The van der Waals surface area contributed by atoms with E-state index in [1.807, 2.05) is 20.8 Å². The van der Waals surface area contributed by atoms with E-state index >= 15 is 0 Å². The van der Waals surface area contributed by atoms with E-state index in [1.165, 1.54) is 6.07 Å². The van der Waals surface area contributed by atoms with Crippen LogP contribution >= 0.6 is 0 Å². The van der Waals surface area contributed by atoms with Crippen molar-refractivity contribution >= 4 is 10.0 Å². The van der Waals surface area contributed by atoms with E-state index in [-0.39, 0.29) is 10.3 Å². The van der Waals surface area contributed by atoms with Crippen molar-refractivity contribution < 1.29 is 13.2 Å². The number of benzene rings is 1. The van der Waals surface area contributed by atoms with Gasteiger partial charge in [-0.25, -0.2) is 13.6 Å². The molecule has 1 rings (SSSR count). The van der Waals surface area contributed by atoms with Crippen molar-refractivity contribution in [2.75, 3.05) is 6.61 Å². The summed E-state index contributed by atoms with van der Waals surface area (Å²) in [7, 11) is -3.70. The molecule has 0 unspecified atom stereocenters. The minimum atomic E-state index is -3.70. The van der Waals surface area contributed by atoms with Crippen molar-refractivity contribution in [3.8, 4) is 5.75 Å². The summed E-state index contributed by atoms with van der Waals surface area (Å²) in [5, 5.41) is 5.16. The van der Waals surface area contributed by atoms with Crippen LogP contribution in [-0.2, 0) is 15.4 Å². The highest BCUT2D eigenvalue weighted by Gasteiger charge is 2.21. The Hall–Kier alpha value is -1.33. The highest BCUT2D eigenvalue weighted by atomic mass is 32.2. The van der Waals surface area contributed by atoms with Gasteiger partial charge in [-0.3, -0.25) is 0 Å². The van der Waals surface area contributed by atoms with E-state index in [1.54, 1.807) is 18.2 Å². The van der Waals surface area contributed by atoms with Crippen LogP contribution in [0.5, 0.6) is 5.75 Å².